The number of fused-ring (bicyclic) bond motifs is 1. The summed E-state index contributed by atoms with van der Waals surface area (Å²) in [7, 11) is 0. The van der Waals surface area contributed by atoms with Gasteiger partial charge in [0.05, 0.1) is 22.4 Å². The summed E-state index contributed by atoms with van der Waals surface area (Å²) in [6.45, 7) is 13.5. The van der Waals surface area contributed by atoms with E-state index in [9.17, 15) is 0 Å². The van der Waals surface area contributed by atoms with Crippen molar-refractivity contribution in [3.63, 3.8) is 0 Å². The summed E-state index contributed by atoms with van der Waals surface area (Å²) in [6, 6.07) is 64.2. The molecule has 0 aliphatic carbocycles. The van der Waals surface area contributed by atoms with E-state index in [2.05, 4.69) is 233 Å². The lowest BCUT2D eigenvalue weighted by atomic mass is 9.80. The molecule has 0 saturated carbocycles. The Kier molecular flexibility index (Phi) is 9.74. The van der Waals surface area contributed by atoms with E-state index >= 15 is 0 Å². The standard InChI is InChI=1S/C52H48N4/c1-51(2,3)45-35-36-46(52(4,5)6)50-49(45)53-47(37-19-11-7-12-20-37)48(54-50)38-27-29-42(30-28-38)56(41-25-17-10-18-26-41)44-33-31-43(32-34-44)55(39-21-13-8-14-22-39)40-23-15-9-16-24-40/h7-36H,1-6H3. The first kappa shape index (κ1) is 36.5. The van der Waals surface area contributed by atoms with Crippen molar-refractivity contribution in [3.05, 3.63) is 193 Å². The van der Waals surface area contributed by atoms with Crippen LogP contribution in [0.5, 0.6) is 0 Å². The largest absolute Gasteiger partial charge is 0.311 e. The Labute approximate surface area is 331 Å². The molecule has 0 aliphatic heterocycles. The maximum absolute atomic E-state index is 5.55. The van der Waals surface area contributed by atoms with Crippen LogP contribution >= 0.6 is 0 Å². The lowest BCUT2D eigenvalue weighted by Gasteiger charge is -2.28. The van der Waals surface area contributed by atoms with Crippen LogP contribution in [0.4, 0.5) is 34.1 Å². The predicted molar refractivity (Wildman–Crippen MR) is 237 cm³/mol. The highest BCUT2D eigenvalue weighted by Gasteiger charge is 2.27. The average Bonchev–Trinajstić information content (AvgIpc) is 3.22. The molecule has 0 spiro atoms. The van der Waals surface area contributed by atoms with Gasteiger partial charge in [-0.3, -0.25) is 0 Å². The lowest BCUT2D eigenvalue weighted by molar-refractivity contribution is 0.583. The number of para-hydroxylation sites is 3. The molecule has 4 heteroatoms. The second kappa shape index (κ2) is 15.0. The first-order chi connectivity index (χ1) is 27.1. The van der Waals surface area contributed by atoms with E-state index in [4.69, 9.17) is 9.97 Å². The van der Waals surface area contributed by atoms with Gasteiger partial charge in [0.25, 0.3) is 0 Å². The van der Waals surface area contributed by atoms with Crippen LogP contribution in [0.15, 0.2) is 182 Å². The molecule has 56 heavy (non-hydrogen) atoms. The molecular weight excluding hydrogens is 681 g/mol. The van der Waals surface area contributed by atoms with Crippen LogP contribution in [0.1, 0.15) is 52.7 Å². The summed E-state index contributed by atoms with van der Waals surface area (Å²) in [5.41, 5.74) is 14.5. The molecule has 0 bridgehead atoms. The number of hydrogen-bond donors (Lipinski definition) is 0. The zero-order valence-electron chi connectivity index (χ0n) is 33.1. The van der Waals surface area contributed by atoms with Gasteiger partial charge in [0.15, 0.2) is 0 Å². The molecule has 0 aliphatic rings. The maximum atomic E-state index is 5.55. The van der Waals surface area contributed by atoms with Gasteiger partial charge in [-0.1, -0.05) is 151 Å². The van der Waals surface area contributed by atoms with Crippen LogP contribution in [0, 0.1) is 0 Å². The lowest BCUT2D eigenvalue weighted by Crippen LogP contribution is -2.17. The van der Waals surface area contributed by atoms with E-state index in [0.717, 1.165) is 67.7 Å². The van der Waals surface area contributed by atoms with Gasteiger partial charge in [0, 0.05) is 45.3 Å². The van der Waals surface area contributed by atoms with Crippen molar-refractivity contribution < 1.29 is 0 Å². The summed E-state index contributed by atoms with van der Waals surface area (Å²) in [6.07, 6.45) is 0. The van der Waals surface area contributed by atoms with Crippen LogP contribution in [0.25, 0.3) is 33.5 Å². The van der Waals surface area contributed by atoms with Crippen molar-refractivity contribution in [3.8, 4) is 22.5 Å². The normalized spacial score (nSPS) is 11.8. The second-order valence-corrected chi connectivity index (χ2v) is 16.4. The van der Waals surface area contributed by atoms with Gasteiger partial charge in [0.2, 0.25) is 0 Å². The minimum Gasteiger partial charge on any atom is -0.311 e. The van der Waals surface area contributed by atoms with Crippen LogP contribution < -0.4 is 9.80 Å². The highest BCUT2D eigenvalue weighted by atomic mass is 15.2. The Hall–Kier alpha value is -6.52. The number of anilines is 6. The highest BCUT2D eigenvalue weighted by Crippen LogP contribution is 2.42. The second-order valence-electron chi connectivity index (χ2n) is 16.4. The Morgan fingerprint density at radius 1 is 0.304 bits per heavy atom. The third-order valence-electron chi connectivity index (χ3n) is 10.3. The molecule has 8 aromatic rings. The fourth-order valence-corrected chi connectivity index (χ4v) is 7.49. The first-order valence-corrected chi connectivity index (χ1v) is 19.4. The maximum Gasteiger partial charge on any atom is 0.0973 e. The van der Waals surface area contributed by atoms with Gasteiger partial charge >= 0.3 is 0 Å². The quantitative estimate of drug-likeness (QED) is 0.156. The zero-order chi connectivity index (χ0) is 38.9. The zero-order valence-corrected chi connectivity index (χ0v) is 33.1. The van der Waals surface area contributed by atoms with Crippen LogP contribution in [-0.2, 0) is 10.8 Å². The molecular formula is C52H48N4. The minimum atomic E-state index is -0.107. The summed E-state index contributed by atoms with van der Waals surface area (Å²) in [4.78, 5) is 15.6. The Balaban J connectivity index is 1.24. The predicted octanol–water partition coefficient (Wildman–Crippen LogP) is 14.5. The molecule has 4 nitrogen and oxygen atoms in total. The molecule has 0 unspecified atom stereocenters. The Morgan fingerprint density at radius 2 is 0.571 bits per heavy atom. The number of hydrogen-bond acceptors (Lipinski definition) is 4. The van der Waals surface area contributed by atoms with Crippen molar-refractivity contribution in [1.29, 1.82) is 0 Å². The molecule has 0 atom stereocenters. The monoisotopic (exact) mass is 728 g/mol. The fourth-order valence-electron chi connectivity index (χ4n) is 7.49. The van der Waals surface area contributed by atoms with Gasteiger partial charge in [-0.2, -0.15) is 0 Å². The third-order valence-corrected chi connectivity index (χ3v) is 10.3. The molecule has 0 amide bonds. The number of rotatable bonds is 8. The molecule has 276 valence electrons. The van der Waals surface area contributed by atoms with Crippen LogP contribution in [0.3, 0.4) is 0 Å². The fraction of sp³-hybridized carbons (Fsp3) is 0.154. The SMILES string of the molecule is CC(C)(C)c1ccc(C(C)(C)C)c2nc(-c3ccc(N(c4ccccc4)c4ccc(N(c5ccccc5)c5ccccc5)cc4)cc3)c(-c3ccccc3)nc12. The topological polar surface area (TPSA) is 32.3 Å². The van der Waals surface area contributed by atoms with Crippen molar-refractivity contribution in [2.24, 2.45) is 0 Å². The highest BCUT2D eigenvalue weighted by molar-refractivity contribution is 5.91. The van der Waals surface area contributed by atoms with E-state index in [1.807, 2.05) is 0 Å². The van der Waals surface area contributed by atoms with E-state index in [1.54, 1.807) is 0 Å². The van der Waals surface area contributed by atoms with Crippen molar-refractivity contribution >= 4 is 45.2 Å². The number of benzene rings is 7. The van der Waals surface area contributed by atoms with Gasteiger partial charge < -0.3 is 9.80 Å². The average molecular weight is 729 g/mol. The minimum absolute atomic E-state index is 0.0963. The molecule has 0 radical (unpaired) electrons. The van der Waals surface area contributed by atoms with E-state index < -0.39 is 0 Å². The number of aromatic nitrogens is 2. The van der Waals surface area contributed by atoms with Crippen molar-refractivity contribution in [2.45, 2.75) is 52.4 Å². The van der Waals surface area contributed by atoms with Crippen molar-refractivity contribution in [1.82, 2.24) is 9.97 Å². The number of nitrogens with zero attached hydrogens (tertiary/aromatic N) is 4. The summed E-state index contributed by atoms with van der Waals surface area (Å²) in [5.74, 6) is 0. The molecule has 0 fully saturated rings. The molecule has 0 saturated heterocycles. The smallest absolute Gasteiger partial charge is 0.0973 e. The Morgan fingerprint density at radius 3 is 0.893 bits per heavy atom. The first-order valence-electron chi connectivity index (χ1n) is 19.4. The van der Waals surface area contributed by atoms with Gasteiger partial charge in [-0.15, -0.1) is 0 Å². The summed E-state index contributed by atoms with van der Waals surface area (Å²) in [5, 5.41) is 0. The molecule has 7 aromatic carbocycles. The van der Waals surface area contributed by atoms with Crippen molar-refractivity contribution in [2.75, 3.05) is 9.80 Å². The molecule has 1 heterocycles. The van der Waals surface area contributed by atoms with E-state index in [0.29, 0.717) is 0 Å². The molecule has 1 aromatic heterocycles. The van der Waals surface area contributed by atoms with Gasteiger partial charge in [0.1, 0.15) is 0 Å². The van der Waals surface area contributed by atoms with Crippen LogP contribution in [0.2, 0.25) is 0 Å². The Bertz CT molecular complexity index is 2510. The summed E-state index contributed by atoms with van der Waals surface area (Å²) >= 11 is 0. The third kappa shape index (κ3) is 7.31. The van der Waals surface area contributed by atoms with E-state index in [1.165, 1.54) is 11.1 Å². The van der Waals surface area contributed by atoms with Gasteiger partial charge in [-0.05, 0) is 94.8 Å². The van der Waals surface area contributed by atoms with E-state index in [-0.39, 0.29) is 10.8 Å². The van der Waals surface area contributed by atoms with Crippen LogP contribution in [-0.4, -0.2) is 9.97 Å². The van der Waals surface area contributed by atoms with Gasteiger partial charge in [-0.25, -0.2) is 9.97 Å². The summed E-state index contributed by atoms with van der Waals surface area (Å²) < 4.78 is 0. The molecule has 8 rings (SSSR count). The molecule has 0 N–H and O–H groups in total.